The summed E-state index contributed by atoms with van der Waals surface area (Å²) in [5, 5.41) is -0.581. The lowest BCUT2D eigenvalue weighted by Crippen LogP contribution is -2.10. The molecule has 1 aliphatic rings. The maximum absolute atomic E-state index is 11.5. The van der Waals surface area contributed by atoms with Gasteiger partial charge >= 0.3 is 5.97 Å². The molecule has 1 aliphatic heterocycles. The molecule has 0 aromatic heterocycles. The average Bonchev–Trinajstić information content (AvgIpc) is 2.78. The molecule has 0 amide bonds. The Labute approximate surface area is 110 Å². The van der Waals surface area contributed by atoms with Crippen LogP contribution in [0.1, 0.15) is 17.9 Å². The van der Waals surface area contributed by atoms with Gasteiger partial charge in [0.05, 0.1) is 6.61 Å². The summed E-state index contributed by atoms with van der Waals surface area (Å²) in [5.41, 5.74) is 0.955. The van der Waals surface area contributed by atoms with E-state index in [1.54, 1.807) is 0 Å². The first-order valence-corrected chi connectivity index (χ1v) is 5.97. The number of carbonyl (C=O) groups excluding carboxylic acids is 1. The van der Waals surface area contributed by atoms with Gasteiger partial charge in [-0.05, 0) is 12.5 Å². The fraction of sp³-hybridized carbons (Fsp3) is 0.231. The third kappa shape index (κ3) is 2.71. The van der Waals surface area contributed by atoms with Gasteiger partial charge in [0.25, 0.3) is 0 Å². The van der Waals surface area contributed by atoms with Gasteiger partial charge in [-0.1, -0.05) is 30.3 Å². The highest BCUT2D eigenvalue weighted by Crippen LogP contribution is 2.27. The number of halogens is 1. The topological polar surface area (TPSA) is 47.9 Å². The summed E-state index contributed by atoms with van der Waals surface area (Å²) in [7, 11) is 0. The van der Waals surface area contributed by atoms with Crippen LogP contribution in [0.5, 0.6) is 0 Å². The Morgan fingerprint density at radius 1 is 1.44 bits per heavy atom. The number of hydrogen-bond donors (Lipinski definition) is 0. The van der Waals surface area contributed by atoms with E-state index in [9.17, 15) is 4.79 Å². The molecule has 1 atom stereocenters. The van der Waals surface area contributed by atoms with Gasteiger partial charge in [0.15, 0.2) is 5.70 Å². The molecule has 2 rings (SSSR count). The molecule has 0 radical (unpaired) electrons. The molecular weight excluding hydrogens is 254 g/mol. The molecular formula is C13H12ClNO3. The van der Waals surface area contributed by atoms with Crippen LogP contribution in [0.25, 0.3) is 0 Å². The molecule has 0 spiro atoms. The van der Waals surface area contributed by atoms with Crippen LogP contribution in [0, 0.1) is 0 Å². The minimum absolute atomic E-state index is 0.133. The highest BCUT2D eigenvalue weighted by molar-refractivity contribution is 6.32. The van der Waals surface area contributed by atoms with Gasteiger partial charge in [0.2, 0.25) is 5.90 Å². The first kappa shape index (κ1) is 12.6. The van der Waals surface area contributed by atoms with E-state index in [4.69, 9.17) is 21.1 Å². The van der Waals surface area contributed by atoms with Crippen molar-refractivity contribution in [2.45, 2.75) is 12.3 Å². The number of nitrogens with zero attached hydrogens (tertiary/aromatic N) is 1. The normalized spacial score (nSPS) is 18.4. The number of cyclic esters (lactones) is 1. The van der Waals surface area contributed by atoms with Gasteiger partial charge in [-0.3, -0.25) is 0 Å². The number of benzene rings is 1. The summed E-state index contributed by atoms with van der Waals surface area (Å²) in [4.78, 5) is 15.5. The van der Waals surface area contributed by atoms with E-state index in [0.717, 1.165) is 5.56 Å². The second kappa shape index (κ2) is 5.69. The molecule has 18 heavy (non-hydrogen) atoms. The Hall–Kier alpha value is -1.81. The summed E-state index contributed by atoms with van der Waals surface area (Å²) < 4.78 is 10.0. The van der Waals surface area contributed by atoms with E-state index >= 15 is 0 Å². The number of alkyl halides is 1. The molecule has 5 heteroatoms. The zero-order valence-corrected chi connectivity index (χ0v) is 10.6. The van der Waals surface area contributed by atoms with Crippen LogP contribution in [0.3, 0.4) is 0 Å². The zero-order valence-electron chi connectivity index (χ0n) is 9.80. The van der Waals surface area contributed by atoms with Crippen LogP contribution in [-0.2, 0) is 14.3 Å². The van der Waals surface area contributed by atoms with E-state index in [1.807, 2.05) is 37.3 Å². The van der Waals surface area contributed by atoms with Gasteiger partial charge in [0.1, 0.15) is 11.6 Å². The van der Waals surface area contributed by atoms with Crippen molar-refractivity contribution in [3.63, 3.8) is 0 Å². The molecule has 1 heterocycles. The Morgan fingerprint density at radius 3 is 2.83 bits per heavy atom. The average molecular weight is 266 g/mol. The fourth-order valence-corrected chi connectivity index (χ4v) is 1.68. The first-order chi connectivity index (χ1) is 8.72. The molecule has 0 bridgehead atoms. The van der Waals surface area contributed by atoms with Crippen molar-refractivity contribution in [1.29, 1.82) is 0 Å². The summed E-state index contributed by atoms with van der Waals surface area (Å²) in [5.74, 6) is -0.362. The van der Waals surface area contributed by atoms with E-state index in [-0.39, 0.29) is 11.6 Å². The van der Waals surface area contributed by atoms with Crippen LogP contribution in [0.2, 0.25) is 0 Å². The van der Waals surface area contributed by atoms with E-state index < -0.39 is 11.3 Å². The fourth-order valence-electron chi connectivity index (χ4n) is 1.44. The number of hydrogen-bond acceptors (Lipinski definition) is 4. The summed E-state index contributed by atoms with van der Waals surface area (Å²) >= 11 is 6.20. The highest BCUT2D eigenvalue weighted by atomic mass is 35.5. The number of esters is 1. The Morgan fingerprint density at radius 2 is 2.17 bits per heavy atom. The lowest BCUT2D eigenvalue weighted by molar-refractivity contribution is -0.130. The molecule has 4 nitrogen and oxygen atoms in total. The van der Waals surface area contributed by atoms with Crippen LogP contribution in [0.15, 0.2) is 47.3 Å². The van der Waals surface area contributed by atoms with Crippen LogP contribution in [0.4, 0.5) is 0 Å². The maximum atomic E-state index is 11.5. The number of aliphatic imine (C=N–C) groups is 1. The van der Waals surface area contributed by atoms with Crippen molar-refractivity contribution in [1.82, 2.24) is 0 Å². The summed E-state index contributed by atoms with van der Waals surface area (Å²) in [6.07, 6.45) is 1.28. The molecule has 0 aliphatic carbocycles. The minimum Gasteiger partial charge on any atom is -0.499 e. The van der Waals surface area contributed by atoms with Crippen molar-refractivity contribution in [2.75, 3.05) is 6.61 Å². The van der Waals surface area contributed by atoms with Crippen molar-refractivity contribution in [2.24, 2.45) is 4.99 Å². The standard InChI is InChI=1S/C13H12ClNO3/c1-2-17-8-10-13(16)18-12(15-10)11(14)9-6-4-3-5-7-9/h3-8,11H,2H2,1H3/b10-8+/t11-/m0/s1. The minimum atomic E-state index is -0.581. The SMILES string of the molecule is CCO/C=C1/N=C([C@@H](Cl)c2ccccc2)OC1=O. The highest BCUT2D eigenvalue weighted by Gasteiger charge is 2.29. The van der Waals surface area contributed by atoms with E-state index in [0.29, 0.717) is 6.61 Å². The predicted molar refractivity (Wildman–Crippen MR) is 68.3 cm³/mol. The van der Waals surface area contributed by atoms with Crippen LogP contribution in [-0.4, -0.2) is 18.5 Å². The zero-order chi connectivity index (χ0) is 13.0. The molecule has 94 valence electrons. The molecule has 0 fully saturated rings. The van der Waals surface area contributed by atoms with Crippen molar-refractivity contribution >= 4 is 23.5 Å². The quantitative estimate of drug-likeness (QED) is 0.364. The van der Waals surface area contributed by atoms with Gasteiger partial charge in [0, 0.05) is 0 Å². The van der Waals surface area contributed by atoms with Crippen LogP contribution >= 0.6 is 11.6 Å². The van der Waals surface area contributed by atoms with E-state index in [2.05, 4.69) is 4.99 Å². The van der Waals surface area contributed by atoms with E-state index in [1.165, 1.54) is 6.26 Å². The Bertz CT molecular complexity index is 496. The second-order valence-corrected chi connectivity index (χ2v) is 4.01. The van der Waals surface area contributed by atoms with Crippen molar-refractivity contribution in [3.8, 4) is 0 Å². The van der Waals surface area contributed by atoms with Gasteiger partial charge < -0.3 is 9.47 Å². The Balaban J connectivity index is 2.18. The van der Waals surface area contributed by atoms with Gasteiger partial charge in [-0.15, -0.1) is 11.6 Å². The predicted octanol–water partition coefficient (Wildman–Crippen LogP) is 2.80. The van der Waals surface area contributed by atoms with Crippen molar-refractivity contribution in [3.05, 3.63) is 47.9 Å². The first-order valence-electron chi connectivity index (χ1n) is 5.54. The monoisotopic (exact) mass is 265 g/mol. The lowest BCUT2D eigenvalue weighted by Gasteiger charge is -2.07. The lowest BCUT2D eigenvalue weighted by atomic mass is 10.1. The number of carbonyl (C=O) groups is 1. The maximum Gasteiger partial charge on any atom is 0.366 e. The Kier molecular flexibility index (Phi) is 3.99. The second-order valence-electron chi connectivity index (χ2n) is 3.57. The van der Waals surface area contributed by atoms with Crippen molar-refractivity contribution < 1.29 is 14.3 Å². The number of ether oxygens (including phenoxy) is 2. The molecule has 0 saturated carbocycles. The van der Waals surface area contributed by atoms with Gasteiger partial charge in [-0.25, -0.2) is 9.79 Å². The van der Waals surface area contributed by atoms with Crippen LogP contribution < -0.4 is 0 Å². The molecule has 1 aromatic rings. The number of rotatable bonds is 4. The summed E-state index contributed by atoms with van der Waals surface area (Å²) in [6.45, 7) is 2.28. The summed E-state index contributed by atoms with van der Waals surface area (Å²) in [6, 6.07) is 9.30. The third-order valence-corrected chi connectivity index (χ3v) is 2.75. The molecule has 0 N–H and O–H groups in total. The largest absolute Gasteiger partial charge is 0.499 e. The molecule has 1 aromatic carbocycles. The third-order valence-electron chi connectivity index (χ3n) is 2.31. The van der Waals surface area contributed by atoms with Gasteiger partial charge in [-0.2, -0.15) is 0 Å². The smallest absolute Gasteiger partial charge is 0.366 e. The molecule has 0 saturated heterocycles. The molecule has 0 unspecified atom stereocenters.